The predicted octanol–water partition coefficient (Wildman–Crippen LogP) is 3.40. The van der Waals surface area contributed by atoms with E-state index in [1.165, 1.54) is 6.08 Å². The number of pyridine rings is 1. The highest BCUT2D eigenvalue weighted by Crippen LogP contribution is 2.39. The minimum absolute atomic E-state index is 0.0180. The van der Waals surface area contributed by atoms with E-state index >= 15 is 0 Å². The van der Waals surface area contributed by atoms with Crippen LogP contribution in [0.3, 0.4) is 0 Å². The van der Waals surface area contributed by atoms with Gasteiger partial charge in [0.05, 0.1) is 11.0 Å². The number of piperazine rings is 1. The van der Waals surface area contributed by atoms with Gasteiger partial charge in [0.1, 0.15) is 11.6 Å². The van der Waals surface area contributed by atoms with Crippen molar-refractivity contribution in [1.29, 1.82) is 0 Å². The Labute approximate surface area is 190 Å². The molecule has 1 saturated carbocycles. The van der Waals surface area contributed by atoms with Gasteiger partial charge in [0.25, 0.3) is 5.70 Å². The van der Waals surface area contributed by atoms with E-state index in [9.17, 15) is 23.3 Å². The molecule has 1 aliphatic heterocycles. The summed E-state index contributed by atoms with van der Waals surface area (Å²) in [6.07, 6.45) is 2.11. The molecule has 11 heteroatoms. The first-order valence-corrected chi connectivity index (χ1v) is 11.3. The van der Waals surface area contributed by atoms with E-state index in [1.807, 2.05) is 12.1 Å². The van der Waals surface area contributed by atoms with Gasteiger partial charge in [-0.2, -0.15) is 13.2 Å². The molecule has 1 atom stereocenters. The van der Waals surface area contributed by atoms with Crippen LogP contribution in [0.25, 0.3) is 0 Å². The first-order chi connectivity index (χ1) is 15.8. The van der Waals surface area contributed by atoms with E-state index < -0.39 is 29.1 Å². The van der Waals surface area contributed by atoms with Crippen LogP contribution in [0.15, 0.2) is 41.9 Å². The van der Waals surface area contributed by atoms with Gasteiger partial charge in [-0.15, -0.1) is 0 Å². The number of aromatic nitrogens is 1. The van der Waals surface area contributed by atoms with Gasteiger partial charge in [0, 0.05) is 62.7 Å². The second kappa shape index (κ2) is 9.98. The maximum atomic E-state index is 13.3. The number of ether oxygens (including phenoxy) is 1. The number of alkyl halides is 3. The third-order valence-electron chi connectivity index (χ3n) is 6.37. The van der Waals surface area contributed by atoms with Crippen molar-refractivity contribution in [3.63, 3.8) is 0 Å². The largest absolute Gasteiger partial charge is 0.490 e. The lowest BCUT2D eigenvalue weighted by Crippen LogP contribution is -2.43. The Morgan fingerprint density at radius 2 is 1.91 bits per heavy atom. The van der Waals surface area contributed by atoms with Crippen molar-refractivity contribution in [2.45, 2.75) is 50.4 Å². The van der Waals surface area contributed by atoms with Gasteiger partial charge >= 0.3 is 6.18 Å². The SMILES string of the molecule is O=[N+]([O-])C1=CC=C(NC2CCC(Oc3ccnc(N4CCNCC4)c3)CC2)CC1C(F)(F)F. The summed E-state index contributed by atoms with van der Waals surface area (Å²) in [6.45, 7) is 3.65. The van der Waals surface area contributed by atoms with Gasteiger partial charge in [-0.1, -0.05) is 0 Å². The molecular weight excluding hydrogens is 439 g/mol. The van der Waals surface area contributed by atoms with Crippen molar-refractivity contribution in [1.82, 2.24) is 15.6 Å². The van der Waals surface area contributed by atoms with Crippen molar-refractivity contribution in [2.24, 2.45) is 5.92 Å². The highest BCUT2D eigenvalue weighted by atomic mass is 19.4. The fourth-order valence-corrected chi connectivity index (χ4v) is 4.59. The fourth-order valence-electron chi connectivity index (χ4n) is 4.59. The lowest BCUT2D eigenvalue weighted by Gasteiger charge is -2.32. The number of halogens is 3. The third kappa shape index (κ3) is 5.95. The predicted molar refractivity (Wildman–Crippen MR) is 116 cm³/mol. The normalized spacial score (nSPS) is 26.3. The van der Waals surface area contributed by atoms with E-state index in [2.05, 4.69) is 20.5 Å². The summed E-state index contributed by atoms with van der Waals surface area (Å²) < 4.78 is 46.0. The summed E-state index contributed by atoms with van der Waals surface area (Å²) in [7, 11) is 0. The summed E-state index contributed by atoms with van der Waals surface area (Å²) >= 11 is 0. The lowest BCUT2D eigenvalue weighted by molar-refractivity contribution is -0.443. The van der Waals surface area contributed by atoms with Crippen LogP contribution < -0.4 is 20.3 Å². The van der Waals surface area contributed by atoms with Crippen LogP contribution >= 0.6 is 0 Å². The Balaban J connectivity index is 1.29. The van der Waals surface area contributed by atoms with Crippen LogP contribution in [0.5, 0.6) is 5.75 Å². The molecule has 2 N–H and O–H groups in total. The monoisotopic (exact) mass is 467 g/mol. The number of anilines is 1. The van der Waals surface area contributed by atoms with Crippen LogP contribution in [-0.2, 0) is 0 Å². The molecule has 2 heterocycles. The molecule has 33 heavy (non-hydrogen) atoms. The number of hydrogen-bond donors (Lipinski definition) is 2. The lowest BCUT2D eigenvalue weighted by atomic mass is 9.90. The van der Waals surface area contributed by atoms with E-state index in [0.29, 0.717) is 5.70 Å². The van der Waals surface area contributed by atoms with Crippen LogP contribution in [0.2, 0.25) is 0 Å². The topological polar surface area (TPSA) is 92.6 Å². The Morgan fingerprint density at radius 1 is 1.18 bits per heavy atom. The van der Waals surface area contributed by atoms with Crippen molar-refractivity contribution in [3.8, 4) is 5.75 Å². The molecule has 0 bridgehead atoms. The zero-order chi connectivity index (χ0) is 23.4. The summed E-state index contributed by atoms with van der Waals surface area (Å²) in [4.78, 5) is 16.7. The second-order valence-corrected chi connectivity index (χ2v) is 8.66. The average molecular weight is 467 g/mol. The molecule has 1 aromatic rings. The zero-order valence-corrected chi connectivity index (χ0v) is 18.2. The van der Waals surface area contributed by atoms with Crippen molar-refractivity contribution >= 4 is 5.82 Å². The van der Waals surface area contributed by atoms with E-state index in [1.54, 1.807) is 6.20 Å². The molecule has 2 aliphatic carbocycles. The van der Waals surface area contributed by atoms with E-state index in [4.69, 9.17) is 4.74 Å². The molecule has 8 nitrogen and oxygen atoms in total. The Morgan fingerprint density at radius 3 is 2.58 bits per heavy atom. The molecule has 1 unspecified atom stereocenters. The molecule has 0 radical (unpaired) electrons. The molecule has 0 amide bonds. The van der Waals surface area contributed by atoms with Gasteiger partial charge in [0.15, 0.2) is 5.92 Å². The number of nitrogens with zero attached hydrogens (tertiary/aromatic N) is 3. The molecule has 3 aliphatic rings. The number of nitrogens with one attached hydrogen (secondary N) is 2. The minimum Gasteiger partial charge on any atom is -0.490 e. The number of allylic oxidation sites excluding steroid dienone is 4. The quantitative estimate of drug-likeness (QED) is 0.489. The smallest absolute Gasteiger partial charge is 0.402 e. The van der Waals surface area contributed by atoms with Gasteiger partial charge < -0.3 is 20.3 Å². The number of nitro groups is 1. The molecule has 4 rings (SSSR count). The average Bonchev–Trinajstić information content (AvgIpc) is 2.80. The van der Waals surface area contributed by atoms with Gasteiger partial charge in [-0.25, -0.2) is 4.98 Å². The number of hydrogen-bond acceptors (Lipinski definition) is 7. The molecule has 1 saturated heterocycles. The van der Waals surface area contributed by atoms with Crippen molar-refractivity contribution < 1.29 is 22.8 Å². The Bertz CT molecular complexity index is 907. The first-order valence-electron chi connectivity index (χ1n) is 11.3. The highest BCUT2D eigenvalue weighted by molar-refractivity contribution is 5.44. The summed E-state index contributed by atoms with van der Waals surface area (Å²) in [5.41, 5.74) is -0.412. The summed E-state index contributed by atoms with van der Waals surface area (Å²) in [6, 6.07) is 3.82. The first kappa shape index (κ1) is 23.3. The molecule has 180 valence electrons. The van der Waals surface area contributed by atoms with Crippen LogP contribution in [-0.4, -0.2) is 54.4 Å². The standard InChI is InChI=1S/C22H28F3N5O3/c23-22(24,25)19-13-16(3-6-20(19)30(31)32)28-15-1-4-17(5-2-15)33-18-7-8-27-21(14-18)29-11-9-26-10-12-29/h3,6-8,14-15,17,19,26,28H,1-2,4-5,9-13H2. The number of rotatable bonds is 6. The van der Waals surface area contributed by atoms with Gasteiger partial charge in [-0.05, 0) is 37.8 Å². The second-order valence-electron chi connectivity index (χ2n) is 8.66. The fraction of sp³-hybridized carbons (Fsp3) is 0.591. The molecular formula is C22H28F3N5O3. The van der Waals surface area contributed by atoms with Crippen LogP contribution in [0.1, 0.15) is 32.1 Å². The van der Waals surface area contributed by atoms with E-state index in [0.717, 1.165) is 69.5 Å². The van der Waals surface area contributed by atoms with E-state index in [-0.39, 0.29) is 12.1 Å². The van der Waals surface area contributed by atoms with Crippen molar-refractivity contribution in [2.75, 3.05) is 31.1 Å². The molecule has 2 fully saturated rings. The van der Waals surface area contributed by atoms with Gasteiger partial charge in [0.2, 0.25) is 0 Å². The van der Waals surface area contributed by atoms with Crippen molar-refractivity contribution in [3.05, 3.63) is 52.0 Å². The highest BCUT2D eigenvalue weighted by Gasteiger charge is 2.49. The zero-order valence-electron chi connectivity index (χ0n) is 18.2. The summed E-state index contributed by atoms with van der Waals surface area (Å²) in [5, 5.41) is 17.5. The molecule has 0 spiro atoms. The minimum atomic E-state index is -4.65. The van der Waals surface area contributed by atoms with Crippen LogP contribution in [0.4, 0.5) is 19.0 Å². The Hall–Kier alpha value is -2.82. The summed E-state index contributed by atoms with van der Waals surface area (Å²) in [5.74, 6) is -0.415. The maximum absolute atomic E-state index is 13.3. The maximum Gasteiger partial charge on any atom is 0.402 e. The van der Waals surface area contributed by atoms with Crippen LogP contribution in [0, 0.1) is 16.0 Å². The Kier molecular flexibility index (Phi) is 7.06. The van der Waals surface area contributed by atoms with Gasteiger partial charge in [-0.3, -0.25) is 10.1 Å². The molecule has 1 aromatic heterocycles. The third-order valence-corrected chi connectivity index (χ3v) is 6.37. The molecule has 0 aromatic carbocycles.